The molecule has 9 heteroatoms. The summed E-state index contributed by atoms with van der Waals surface area (Å²) in [5.41, 5.74) is 0. The molecule has 2 fully saturated rings. The molecule has 1 aliphatic carbocycles. The van der Waals surface area contributed by atoms with Crippen molar-refractivity contribution >= 4 is 41.0 Å². The quantitative estimate of drug-likeness (QED) is 0.380. The largest absolute Gasteiger partial charge is 0.353 e. The summed E-state index contributed by atoms with van der Waals surface area (Å²) in [4.78, 5) is 39.4. The number of hydrogen-bond donors (Lipinski definition) is 0. The van der Waals surface area contributed by atoms with E-state index >= 15 is 0 Å². The monoisotopic (exact) mass is 425 g/mol. The van der Waals surface area contributed by atoms with Crippen molar-refractivity contribution in [3.63, 3.8) is 0 Å². The molecule has 28 heavy (non-hydrogen) atoms. The predicted octanol–water partition coefficient (Wildman–Crippen LogP) is 2.54. The number of aromatic nitrogens is 2. The Hall–Kier alpha value is -1.54. The number of carbonyl (C=O) groups excluding carboxylic acids is 2. The standard InChI is InChI=1S/C19H28ClN5O2S/c1-4-23(5-2)17(26)12-28-19-21-15(20)10-16(22-19)24-8-9-25(13(3)11-24)18(27)14-6-7-14/h10,13-14H,4-9,11-12H2,1-3H3/t13-/m1/s1. The lowest BCUT2D eigenvalue weighted by molar-refractivity contribution is -0.135. The first-order valence-corrected chi connectivity index (χ1v) is 11.3. The molecule has 2 aliphatic rings. The van der Waals surface area contributed by atoms with Crippen LogP contribution in [-0.2, 0) is 9.59 Å². The molecule has 0 radical (unpaired) electrons. The first-order valence-electron chi connectivity index (χ1n) is 9.93. The molecule has 0 unspecified atom stereocenters. The number of halogens is 1. The molecule has 1 atom stereocenters. The molecule has 1 aromatic rings. The lowest BCUT2D eigenvalue weighted by Crippen LogP contribution is -2.54. The van der Waals surface area contributed by atoms with Crippen LogP contribution in [0.25, 0.3) is 0 Å². The molecule has 154 valence electrons. The summed E-state index contributed by atoms with van der Waals surface area (Å²) in [7, 11) is 0. The lowest BCUT2D eigenvalue weighted by Gasteiger charge is -2.40. The Morgan fingerprint density at radius 1 is 1.25 bits per heavy atom. The zero-order valence-corrected chi connectivity index (χ0v) is 18.3. The molecule has 1 aromatic heterocycles. The highest BCUT2D eigenvalue weighted by Crippen LogP contribution is 2.32. The minimum Gasteiger partial charge on any atom is -0.353 e. The second kappa shape index (κ2) is 9.31. The molecular weight excluding hydrogens is 398 g/mol. The SMILES string of the molecule is CCN(CC)C(=O)CSc1nc(Cl)cc(N2CCN(C(=O)C3CC3)[C@H](C)C2)n1. The van der Waals surface area contributed by atoms with Crippen LogP contribution in [0.5, 0.6) is 0 Å². The van der Waals surface area contributed by atoms with Crippen LogP contribution in [0.3, 0.4) is 0 Å². The van der Waals surface area contributed by atoms with E-state index < -0.39 is 0 Å². The Bertz CT molecular complexity index is 726. The van der Waals surface area contributed by atoms with Crippen LogP contribution in [0, 0.1) is 5.92 Å². The average Bonchev–Trinajstić information content (AvgIpc) is 3.51. The second-order valence-electron chi connectivity index (χ2n) is 7.29. The van der Waals surface area contributed by atoms with Crippen LogP contribution >= 0.6 is 23.4 Å². The maximum absolute atomic E-state index is 12.4. The number of hydrogen-bond acceptors (Lipinski definition) is 6. The number of piperazine rings is 1. The highest BCUT2D eigenvalue weighted by atomic mass is 35.5. The van der Waals surface area contributed by atoms with E-state index in [4.69, 9.17) is 11.6 Å². The minimum absolute atomic E-state index is 0.0703. The van der Waals surface area contributed by atoms with Gasteiger partial charge in [-0.25, -0.2) is 9.97 Å². The zero-order chi connectivity index (χ0) is 20.3. The maximum Gasteiger partial charge on any atom is 0.233 e. The molecular formula is C19H28ClN5O2S. The molecule has 1 saturated heterocycles. The van der Waals surface area contributed by atoms with E-state index in [0.29, 0.717) is 48.1 Å². The Morgan fingerprint density at radius 3 is 2.57 bits per heavy atom. The molecule has 2 heterocycles. The summed E-state index contributed by atoms with van der Waals surface area (Å²) in [6.45, 7) is 9.53. The van der Waals surface area contributed by atoms with Crippen LogP contribution < -0.4 is 4.90 Å². The fourth-order valence-electron chi connectivity index (χ4n) is 3.46. The van der Waals surface area contributed by atoms with E-state index in [1.165, 1.54) is 11.8 Å². The van der Waals surface area contributed by atoms with Gasteiger partial charge in [-0.3, -0.25) is 9.59 Å². The predicted molar refractivity (Wildman–Crippen MR) is 112 cm³/mol. The molecule has 3 rings (SSSR count). The Balaban J connectivity index is 1.63. The van der Waals surface area contributed by atoms with Gasteiger partial charge in [0.05, 0.1) is 5.75 Å². The zero-order valence-electron chi connectivity index (χ0n) is 16.7. The van der Waals surface area contributed by atoms with E-state index in [-0.39, 0.29) is 17.9 Å². The van der Waals surface area contributed by atoms with Crippen LogP contribution in [-0.4, -0.2) is 76.1 Å². The van der Waals surface area contributed by atoms with E-state index in [2.05, 4.69) is 21.8 Å². The third-order valence-electron chi connectivity index (χ3n) is 5.26. The van der Waals surface area contributed by atoms with Crippen LogP contribution in [0.15, 0.2) is 11.2 Å². The van der Waals surface area contributed by atoms with Gasteiger partial charge in [0.2, 0.25) is 11.8 Å². The van der Waals surface area contributed by atoms with Crippen molar-refractivity contribution in [1.82, 2.24) is 19.8 Å². The third-order valence-corrected chi connectivity index (χ3v) is 6.29. The second-order valence-corrected chi connectivity index (χ2v) is 8.62. The van der Waals surface area contributed by atoms with Crippen LogP contribution in [0.1, 0.15) is 33.6 Å². The highest BCUT2D eigenvalue weighted by molar-refractivity contribution is 7.99. The van der Waals surface area contributed by atoms with Crippen molar-refractivity contribution in [1.29, 1.82) is 0 Å². The topological polar surface area (TPSA) is 69.6 Å². The summed E-state index contributed by atoms with van der Waals surface area (Å²) >= 11 is 7.53. The van der Waals surface area contributed by atoms with Gasteiger partial charge in [0.25, 0.3) is 0 Å². The first kappa shape index (κ1) is 21.2. The third kappa shape index (κ3) is 5.08. The van der Waals surface area contributed by atoms with Gasteiger partial charge in [-0.2, -0.15) is 0 Å². The summed E-state index contributed by atoms with van der Waals surface area (Å²) in [5, 5.41) is 0.874. The highest BCUT2D eigenvalue weighted by Gasteiger charge is 2.37. The van der Waals surface area contributed by atoms with Crippen LogP contribution in [0.4, 0.5) is 5.82 Å². The number of nitrogens with zero attached hydrogens (tertiary/aromatic N) is 5. The summed E-state index contributed by atoms with van der Waals surface area (Å²) in [6, 6.07) is 1.89. The fourth-order valence-corrected chi connectivity index (χ4v) is 4.45. The van der Waals surface area contributed by atoms with Crippen molar-refractivity contribution in [2.75, 3.05) is 43.4 Å². The van der Waals surface area contributed by atoms with Gasteiger partial charge < -0.3 is 14.7 Å². The maximum atomic E-state index is 12.4. The van der Waals surface area contributed by atoms with E-state index in [0.717, 1.165) is 25.2 Å². The van der Waals surface area contributed by atoms with E-state index in [1.807, 2.05) is 18.7 Å². The van der Waals surface area contributed by atoms with Gasteiger partial charge in [0.1, 0.15) is 11.0 Å². The summed E-state index contributed by atoms with van der Waals surface area (Å²) in [6.07, 6.45) is 2.06. The number of anilines is 1. The van der Waals surface area contributed by atoms with Crippen molar-refractivity contribution in [3.05, 3.63) is 11.2 Å². The van der Waals surface area contributed by atoms with Gasteiger partial charge in [0.15, 0.2) is 5.16 Å². The van der Waals surface area contributed by atoms with Crippen LogP contribution in [0.2, 0.25) is 5.15 Å². The van der Waals surface area contributed by atoms with Crippen molar-refractivity contribution < 1.29 is 9.59 Å². The molecule has 1 aliphatic heterocycles. The van der Waals surface area contributed by atoms with E-state index in [1.54, 1.807) is 11.0 Å². The van der Waals surface area contributed by atoms with Crippen molar-refractivity contribution in [3.8, 4) is 0 Å². The smallest absolute Gasteiger partial charge is 0.233 e. The lowest BCUT2D eigenvalue weighted by atomic mass is 10.1. The van der Waals surface area contributed by atoms with Gasteiger partial charge in [-0.1, -0.05) is 23.4 Å². The number of thioether (sulfide) groups is 1. The number of carbonyl (C=O) groups is 2. The number of rotatable bonds is 7. The summed E-state index contributed by atoms with van der Waals surface area (Å²) < 4.78 is 0. The average molecular weight is 426 g/mol. The van der Waals surface area contributed by atoms with Gasteiger partial charge >= 0.3 is 0 Å². The summed E-state index contributed by atoms with van der Waals surface area (Å²) in [5.74, 6) is 1.65. The van der Waals surface area contributed by atoms with E-state index in [9.17, 15) is 9.59 Å². The normalized spacial score (nSPS) is 19.6. The first-order chi connectivity index (χ1) is 13.4. The number of amides is 2. The molecule has 0 bridgehead atoms. The van der Waals surface area contributed by atoms with Gasteiger partial charge in [0, 0.05) is 50.7 Å². The Labute approximate surface area is 175 Å². The molecule has 1 saturated carbocycles. The van der Waals surface area contributed by atoms with Gasteiger partial charge in [-0.15, -0.1) is 0 Å². The molecule has 0 aromatic carbocycles. The van der Waals surface area contributed by atoms with Crippen molar-refractivity contribution in [2.24, 2.45) is 5.92 Å². The molecule has 7 nitrogen and oxygen atoms in total. The fraction of sp³-hybridized carbons (Fsp3) is 0.684. The Morgan fingerprint density at radius 2 is 1.96 bits per heavy atom. The Kier molecular flexibility index (Phi) is 7.04. The minimum atomic E-state index is 0.0703. The van der Waals surface area contributed by atoms with Gasteiger partial charge in [-0.05, 0) is 33.6 Å². The molecule has 2 amide bonds. The molecule has 0 N–H and O–H groups in total. The molecule has 0 spiro atoms. The van der Waals surface area contributed by atoms with Crippen molar-refractivity contribution in [2.45, 2.75) is 44.8 Å².